The summed E-state index contributed by atoms with van der Waals surface area (Å²) >= 11 is 0. The van der Waals surface area contributed by atoms with Crippen molar-refractivity contribution >= 4 is 11.1 Å². The lowest BCUT2D eigenvalue weighted by Crippen LogP contribution is -1.80. The zero-order valence-corrected chi connectivity index (χ0v) is 11.2. The number of hydrogen-bond acceptors (Lipinski definition) is 3. The smallest absolute Gasteiger partial charge is 0.227 e. The summed E-state index contributed by atoms with van der Waals surface area (Å²) in [6.07, 6.45) is 3.59. The maximum atomic E-state index is 5.78. The van der Waals surface area contributed by atoms with Gasteiger partial charge in [-0.15, -0.1) is 0 Å². The van der Waals surface area contributed by atoms with Crippen LogP contribution in [-0.2, 0) is 0 Å². The van der Waals surface area contributed by atoms with Gasteiger partial charge in [0.25, 0.3) is 0 Å². The van der Waals surface area contributed by atoms with Gasteiger partial charge < -0.3 is 4.42 Å². The molecule has 0 aliphatic rings. The summed E-state index contributed by atoms with van der Waals surface area (Å²) in [4.78, 5) is 8.54. The zero-order chi connectivity index (χ0) is 14.1. The third-order valence-electron chi connectivity index (χ3n) is 3.44. The molecule has 21 heavy (non-hydrogen) atoms. The second-order valence-electron chi connectivity index (χ2n) is 4.80. The van der Waals surface area contributed by atoms with Gasteiger partial charge in [-0.05, 0) is 47.5 Å². The van der Waals surface area contributed by atoms with Crippen molar-refractivity contribution in [1.29, 1.82) is 0 Å². The maximum Gasteiger partial charge on any atom is 0.227 e. The van der Waals surface area contributed by atoms with E-state index in [-0.39, 0.29) is 0 Å². The molecule has 0 fully saturated rings. The van der Waals surface area contributed by atoms with E-state index >= 15 is 0 Å². The van der Waals surface area contributed by atoms with Crippen LogP contribution >= 0.6 is 0 Å². The van der Waals surface area contributed by atoms with Crippen LogP contribution in [0.5, 0.6) is 0 Å². The van der Waals surface area contributed by atoms with Gasteiger partial charge in [-0.25, -0.2) is 4.98 Å². The quantitative estimate of drug-likeness (QED) is 0.537. The third kappa shape index (κ3) is 2.19. The molecule has 4 rings (SSSR count). The second kappa shape index (κ2) is 4.87. The minimum Gasteiger partial charge on any atom is -0.436 e. The van der Waals surface area contributed by atoms with E-state index in [1.54, 1.807) is 12.4 Å². The maximum absolute atomic E-state index is 5.78. The molecule has 0 bridgehead atoms. The van der Waals surface area contributed by atoms with E-state index in [0.29, 0.717) is 5.89 Å². The highest BCUT2D eigenvalue weighted by Gasteiger charge is 2.07. The van der Waals surface area contributed by atoms with Gasteiger partial charge >= 0.3 is 0 Å². The summed E-state index contributed by atoms with van der Waals surface area (Å²) in [6, 6.07) is 20.0. The average molecular weight is 272 g/mol. The molecule has 0 saturated carbocycles. The molecule has 0 aliphatic carbocycles. The Morgan fingerprint density at radius 3 is 2.10 bits per heavy atom. The predicted molar refractivity (Wildman–Crippen MR) is 82.7 cm³/mol. The Bertz CT molecular complexity index is 847. The van der Waals surface area contributed by atoms with Crippen molar-refractivity contribution in [2.75, 3.05) is 0 Å². The topological polar surface area (TPSA) is 38.9 Å². The molecule has 3 nitrogen and oxygen atoms in total. The van der Waals surface area contributed by atoms with Gasteiger partial charge in [0.2, 0.25) is 5.89 Å². The van der Waals surface area contributed by atoms with Crippen molar-refractivity contribution in [3.63, 3.8) is 0 Å². The van der Waals surface area contributed by atoms with Crippen molar-refractivity contribution < 1.29 is 4.42 Å². The lowest BCUT2D eigenvalue weighted by molar-refractivity contribution is 0.620. The minimum absolute atomic E-state index is 0.650. The number of fused-ring (bicyclic) bond motifs is 1. The van der Waals surface area contributed by atoms with Crippen molar-refractivity contribution in [2.24, 2.45) is 0 Å². The summed E-state index contributed by atoms with van der Waals surface area (Å²) in [5.74, 6) is 0.650. The molecular formula is C18H12N2O. The van der Waals surface area contributed by atoms with E-state index in [9.17, 15) is 0 Å². The molecule has 2 aromatic heterocycles. The van der Waals surface area contributed by atoms with Gasteiger partial charge in [0.1, 0.15) is 5.52 Å². The average Bonchev–Trinajstić information content (AvgIpc) is 3.00. The van der Waals surface area contributed by atoms with Gasteiger partial charge in [0, 0.05) is 18.0 Å². The van der Waals surface area contributed by atoms with E-state index in [2.05, 4.69) is 22.1 Å². The van der Waals surface area contributed by atoms with Gasteiger partial charge in [-0.2, -0.15) is 0 Å². The fourth-order valence-corrected chi connectivity index (χ4v) is 2.35. The van der Waals surface area contributed by atoms with Gasteiger partial charge in [-0.3, -0.25) is 4.98 Å². The fourth-order valence-electron chi connectivity index (χ4n) is 2.35. The van der Waals surface area contributed by atoms with E-state index < -0.39 is 0 Å². The van der Waals surface area contributed by atoms with Crippen molar-refractivity contribution in [2.45, 2.75) is 0 Å². The lowest BCUT2D eigenvalue weighted by atomic mass is 10.1. The van der Waals surface area contributed by atoms with Crippen LogP contribution in [0.25, 0.3) is 33.7 Å². The zero-order valence-electron chi connectivity index (χ0n) is 11.2. The Balaban J connectivity index is 1.73. The van der Waals surface area contributed by atoms with E-state index in [4.69, 9.17) is 4.42 Å². The molecule has 0 unspecified atom stereocenters. The Labute approximate surface area is 121 Å². The number of aromatic nitrogens is 2. The molecular weight excluding hydrogens is 260 g/mol. The number of rotatable bonds is 2. The highest BCUT2D eigenvalue weighted by atomic mass is 16.3. The summed E-state index contributed by atoms with van der Waals surface area (Å²) < 4.78 is 5.78. The van der Waals surface area contributed by atoms with Crippen LogP contribution in [0.3, 0.4) is 0 Å². The lowest BCUT2D eigenvalue weighted by Gasteiger charge is -2.01. The van der Waals surface area contributed by atoms with Crippen LogP contribution in [0.15, 0.2) is 77.5 Å². The minimum atomic E-state index is 0.650. The number of oxazole rings is 1. The van der Waals surface area contributed by atoms with Crippen LogP contribution in [0.1, 0.15) is 0 Å². The molecule has 2 heterocycles. The molecule has 2 aromatic carbocycles. The van der Waals surface area contributed by atoms with Crippen molar-refractivity contribution in [1.82, 2.24) is 9.97 Å². The molecule has 3 heteroatoms. The summed E-state index contributed by atoms with van der Waals surface area (Å²) in [6.45, 7) is 0. The van der Waals surface area contributed by atoms with Crippen LogP contribution in [0, 0.1) is 0 Å². The van der Waals surface area contributed by atoms with Crippen molar-refractivity contribution in [3.05, 3.63) is 73.1 Å². The number of para-hydroxylation sites is 2. The highest BCUT2D eigenvalue weighted by molar-refractivity contribution is 5.76. The first kappa shape index (κ1) is 11.9. The normalized spacial score (nSPS) is 10.9. The Morgan fingerprint density at radius 1 is 0.667 bits per heavy atom. The first-order chi connectivity index (χ1) is 10.4. The van der Waals surface area contributed by atoms with Crippen LogP contribution < -0.4 is 0 Å². The van der Waals surface area contributed by atoms with Crippen molar-refractivity contribution in [3.8, 4) is 22.6 Å². The second-order valence-corrected chi connectivity index (χ2v) is 4.80. The number of hydrogen-bond donors (Lipinski definition) is 0. The fraction of sp³-hybridized carbons (Fsp3) is 0. The number of nitrogens with zero attached hydrogens (tertiary/aromatic N) is 2. The molecule has 0 aliphatic heterocycles. The Kier molecular flexibility index (Phi) is 2.75. The van der Waals surface area contributed by atoms with E-state index in [0.717, 1.165) is 27.8 Å². The molecule has 0 amide bonds. The first-order valence-corrected chi connectivity index (χ1v) is 6.76. The summed E-state index contributed by atoms with van der Waals surface area (Å²) in [5, 5.41) is 0. The molecule has 0 radical (unpaired) electrons. The SMILES string of the molecule is c1ccc2oc(-c3ccc(-c4ccncc4)cc3)nc2c1. The largest absolute Gasteiger partial charge is 0.436 e. The van der Waals surface area contributed by atoms with Gasteiger partial charge in [0.05, 0.1) is 0 Å². The third-order valence-corrected chi connectivity index (χ3v) is 3.44. The molecule has 0 atom stereocenters. The first-order valence-electron chi connectivity index (χ1n) is 6.76. The monoisotopic (exact) mass is 272 g/mol. The Morgan fingerprint density at radius 2 is 1.33 bits per heavy atom. The molecule has 4 aromatic rings. The number of benzene rings is 2. The predicted octanol–water partition coefficient (Wildman–Crippen LogP) is 4.56. The van der Waals surface area contributed by atoms with Crippen LogP contribution in [-0.4, -0.2) is 9.97 Å². The standard InChI is InChI=1S/C18H12N2O/c1-2-4-17-16(3-1)20-18(21-17)15-7-5-13(6-8-15)14-9-11-19-12-10-14/h1-12H. The van der Waals surface area contributed by atoms with Gasteiger partial charge in [0.15, 0.2) is 5.58 Å². The van der Waals surface area contributed by atoms with Crippen LogP contribution in [0.2, 0.25) is 0 Å². The van der Waals surface area contributed by atoms with E-state index in [1.807, 2.05) is 48.5 Å². The molecule has 100 valence electrons. The molecule has 0 saturated heterocycles. The van der Waals surface area contributed by atoms with Gasteiger partial charge in [-0.1, -0.05) is 24.3 Å². The number of pyridine rings is 1. The summed E-state index contributed by atoms with van der Waals surface area (Å²) in [5.41, 5.74) is 4.96. The summed E-state index contributed by atoms with van der Waals surface area (Å²) in [7, 11) is 0. The van der Waals surface area contributed by atoms with E-state index in [1.165, 1.54) is 0 Å². The Hall–Kier alpha value is -2.94. The van der Waals surface area contributed by atoms with Crippen LogP contribution in [0.4, 0.5) is 0 Å². The molecule has 0 N–H and O–H groups in total. The highest BCUT2D eigenvalue weighted by Crippen LogP contribution is 2.26. The molecule has 0 spiro atoms.